The Bertz CT molecular complexity index is 364. The van der Waals surface area contributed by atoms with E-state index >= 15 is 0 Å². The van der Waals surface area contributed by atoms with Crippen LogP contribution in [0.1, 0.15) is 11.1 Å². The summed E-state index contributed by atoms with van der Waals surface area (Å²) in [4.78, 5) is 12.7. The van der Waals surface area contributed by atoms with Crippen LogP contribution in [0, 0.1) is 6.92 Å². The number of nitrogens with one attached hydrogen (secondary N) is 1. The van der Waals surface area contributed by atoms with Gasteiger partial charge in [0, 0.05) is 25.7 Å². The Hall–Kier alpha value is -1.22. The molecule has 0 aliphatic carbocycles. The van der Waals surface area contributed by atoms with Crippen LogP contribution in [0.15, 0.2) is 18.2 Å². The van der Waals surface area contributed by atoms with Gasteiger partial charge in [-0.05, 0) is 24.1 Å². The van der Waals surface area contributed by atoms with Gasteiger partial charge in [0.25, 0.3) is 0 Å². The van der Waals surface area contributed by atoms with Crippen LogP contribution in [0.4, 0.5) is 4.79 Å². The highest BCUT2D eigenvalue weighted by Crippen LogP contribution is 2.16. The molecule has 0 fully saturated rings. The Balaban J connectivity index is 2.58. The van der Waals surface area contributed by atoms with Gasteiger partial charge in [0.1, 0.15) is 0 Å². The minimum Gasteiger partial charge on any atom is -0.334 e. The Morgan fingerprint density at radius 3 is 2.67 bits per heavy atom. The largest absolute Gasteiger partial charge is 0.334 e. The van der Waals surface area contributed by atoms with Gasteiger partial charge in [-0.25, -0.2) is 4.79 Å². The summed E-state index contributed by atoms with van der Waals surface area (Å²) in [5.74, 6) is 0. The molecule has 15 heavy (non-hydrogen) atoms. The first-order valence-electron chi connectivity index (χ1n) is 4.71. The van der Waals surface area contributed by atoms with Crippen molar-refractivity contribution < 1.29 is 4.79 Å². The Labute approximate surface area is 95.0 Å². The summed E-state index contributed by atoms with van der Waals surface area (Å²) < 4.78 is 0. The van der Waals surface area contributed by atoms with Gasteiger partial charge in [-0.2, -0.15) is 0 Å². The van der Waals surface area contributed by atoms with Gasteiger partial charge < -0.3 is 10.2 Å². The zero-order valence-corrected chi connectivity index (χ0v) is 9.93. The second-order valence-corrected chi connectivity index (χ2v) is 4.04. The lowest BCUT2D eigenvalue weighted by Gasteiger charge is -2.12. The van der Waals surface area contributed by atoms with Gasteiger partial charge in [0.2, 0.25) is 0 Å². The van der Waals surface area contributed by atoms with E-state index in [0.717, 1.165) is 16.1 Å². The van der Waals surface area contributed by atoms with Crippen LogP contribution in [0.3, 0.4) is 0 Å². The van der Waals surface area contributed by atoms with Gasteiger partial charge in [-0.1, -0.05) is 23.7 Å². The maximum atomic E-state index is 11.2. The lowest BCUT2D eigenvalue weighted by Crippen LogP contribution is -2.33. The average Bonchev–Trinajstić information content (AvgIpc) is 2.19. The molecule has 1 aromatic carbocycles. The van der Waals surface area contributed by atoms with Crippen LogP contribution in [0.2, 0.25) is 5.02 Å². The minimum atomic E-state index is -0.105. The second kappa shape index (κ2) is 5.03. The quantitative estimate of drug-likeness (QED) is 0.826. The fraction of sp³-hybridized carbons (Fsp3) is 0.364. The number of carbonyl (C=O) groups excluding carboxylic acids is 1. The lowest BCUT2D eigenvalue weighted by atomic mass is 10.1. The molecule has 0 saturated heterocycles. The first-order chi connectivity index (χ1) is 7.00. The number of carbonyl (C=O) groups is 1. The first kappa shape index (κ1) is 11.9. The molecule has 82 valence electrons. The van der Waals surface area contributed by atoms with Crippen LogP contribution in [0.25, 0.3) is 0 Å². The van der Waals surface area contributed by atoms with Crippen LogP contribution >= 0.6 is 11.6 Å². The van der Waals surface area contributed by atoms with E-state index in [1.54, 1.807) is 14.1 Å². The highest BCUT2D eigenvalue weighted by molar-refractivity contribution is 6.31. The molecule has 0 aromatic heterocycles. The fourth-order valence-corrected chi connectivity index (χ4v) is 1.29. The molecular weight excluding hydrogens is 212 g/mol. The molecule has 0 spiro atoms. The molecule has 2 amide bonds. The van der Waals surface area contributed by atoms with E-state index in [1.165, 1.54) is 4.90 Å². The molecule has 1 rings (SSSR count). The second-order valence-electron chi connectivity index (χ2n) is 3.64. The minimum absolute atomic E-state index is 0.105. The van der Waals surface area contributed by atoms with Crippen molar-refractivity contribution >= 4 is 17.6 Å². The number of nitrogens with zero attached hydrogens (tertiary/aromatic N) is 1. The van der Waals surface area contributed by atoms with Crippen LogP contribution < -0.4 is 5.32 Å². The Kier molecular flexibility index (Phi) is 3.97. The van der Waals surface area contributed by atoms with E-state index in [2.05, 4.69) is 5.32 Å². The predicted molar refractivity (Wildman–Crippen MR) is 62.1 cm³/mol. The van der Waals surface area contributed by atoms with Crippen LogP contribution in [-0.2, 0) is 6.54 Å². The zero-order valence-electron chi connectivity index (χ0n) is 9.17. The van der Waals surface area contributed by atoms with Crippen molar-refractivity contribution in [2.75, 3.05) is 14.1 Å². The monoisotopic (exact) mass is 226 g/mol. The van der Waals surface area contributed by atoms with Crippen LogP contribution in [-0.4, -0.2) is 25.0 Å². The van der Waals surface area contributed by atoms with E-state index < -0.39 is 0 Å². The normalized spacial score (nSPS) is 9.87. The number of amides is 2. The van der Waals surface area contributed by atoms with E-state index in [-0.39, 0.29) is 6.03 Å². The molecule has 0 atom stereocenters. The van der Waals surface area contributed by atoms with Crippen molar-refractivity contribution in [3.8, 4) is 0 Å². The summed E-state index contributed by atoms with van der Waals surface area (Å²) in [7, 11) is 3.41. The summed E-state index contributed by atoms with van der Waals surface area (Å²) in [6.07, 6.45) is 0. The SMILES string of the molecule is Cc1ccc(CNC(=O)N(C)C)cc1Cl. The number of rotatable bonds is 2. The van der Waals surface area contributed by atoms with E-state index in [1.807, 2.05) is 25.1 Å². The Morgan fingerprint density at radius 1 is 1.47 bits per heavy atom. The molecule has 0 unspecified atom stereocenters. The molecule has 0 aliphatic heterocycles. The van der Waals surface area contributed by atoms with Crippen molar-refractivity contribution in [1.29, 1.82) is 0 Å². The van der Waals surface area contributed by atoms with Crippen LogP contribution in [0.5, 0.6) is 0 Å². The molecule has 0 bridgehead atoms. The lowest BCUT2D eigenvalue weighted by molar-refractivity contribution is 0.217. The third-order valence-electron chi connectivity index (χ3n) is 2.09. The van der Waals surface area contributed by atoms with Crippen molar-refractivity contribution in [1.82, 2.24) is 10.2 Å². The van der Waals surface area contributed by atoms with Crippen molar-refractivity contribution in [3.05, 3.63) is 34.3 Å². The molecule has 0 heterocycles. The summed E-state index contributed by atoms with van der Waals surface area (Å²) in [5.41, 5.74) is 2.04. The molecule has 1 aromatic rings. The summed E-state index contributed by atoms with van der Waals surface area (Å²) in [5, 5.41) is 3.50. The smallest absolute Gasteiger partial charge is 0.317 e. The van der Waals surface area contributed by atoms with E-state index in [9.17, 15) is 4.79 Å². The van der Waals surface area contributed by atoms with Gasteiger partial charge >= 0.3 is 6.03 Å². The number of aryl methyl sites for hydroxylation is 1. The average molecular weight is 227 g/mol. The summed E-state index contributed by atoms with van der Waals surface area (Å²) >= 11 is 5.97. The number of hydrogen-bond acceptors (Lipinski definition) is 1. The van der Waals surface area contributed by atoms with Gasteiger partial charge in [0.15, 0.2) is 0 Å². The molecule has 0 radical (unpaired) electrons. The number of urea groups is 1. The molecular formula is C11H15ClN2O. The van der Waals surface area contributed by atoms with Crippen molar-refractivity contribution in [2.45, 2.75) is 13.5 Å². The third kappa shape index (κ3) is 3.44. The van der Waals surface area contributed by atoms with E-state index in [4.69, 9.17) is 11.6 Å². The third-order valence-corrected chi connectivity index (χ3v) is 2.49. The van der Waals surface area contributed by atoms with Crippen molar-refractivity contribution in [2.24, 2.45) is 0 Å². The molecule has 3 nitrogen and oxygen atoms in total. The van der Waals surface area contributed by atoms with E-state index in [0.29, 0.717) is 6.54 Å². The molecule has 0 aliphatic rings. The van der Waals surface area contributed by atoms with Gasteiger partial charge in [-0.3, -0.25) is 0 Å². The molecule has 0 saturated carbocycles. The zero-order chi connectivity index (χ0) is 11.4. The highest BCUT2D eigenvalue weighted by Gasteiger charge is 2.03. The predicted octanol–water partition coefficient (Wildman–Crippen LogP) is 2.42. The number of halogens is 1. The van der Waals surface area contributed by atoms with Crippen molar-refractivity contribution in [3.63, 3.8) is 0 Å². The number of benzene rings is 1. The maximum Gasteiger partial charge on any atom is 0.317 e. The van der Waals surface area contributed by atoms with Gasteiger partial charge in [0.05, 0.1) is 0 Å². The first-order valence-corrected chi connectivity index (χ1v) is 5.08. The molecule has 1 N–H and O–H groups in total. The number of hydrogen-bond donors (Lipinski definition) is 1. The summed E-state index contributed by atoms with van der Waals surface area (Å²) in [6, 6.07) is 5.66. The maximum absolute atomic E-state index is 11.2. The Morgan fingerprint density at radius 2 is 2.13 bits per heavy atom. The standard InChI is InChI=1S/C11H15ClN2O/c1-8-4-5-9(6-10(8)12)7-13-11(15)14(2)3/h4-6H,7H2,1-3H3,(H,13,15). The summed E-state index contributed by atoms with van der Waals surface area (Å²) in [6.45, 7) is 2.45. The fourth-order valence-electron chi connectivity index (χ4n) is 1.08. The highest BCUT2D eigenvalue weighted by atomic mass is 35.5. The topological polar surface area (TPSA) is 32.3 Å². The van der Waals surface area contributed by atoms with Gasteiger partial charge in [-0.15, -0.1) is 0 Å². The molecule has 4 heteroatoms.